The van der Waals surface area contributed by atoms with Crippen LogP contribution < -0.4 is 16.4 Å². The lowest BCUT2D eigenvalue weighted by Gasteiger charge is -2.33. The average Bonchev–Trinajstić information content (AvgIpc) is 3.18. The van der Waals surface area contributed by atoms with Crippen molar-refractivity contribution in [2.24, 2.45) is 23.0 Å². The number of ether oxygens (including phenoxy) is 1. The molecule has 1 heterocycles. The molecule has 2 aliphatic rings. The zero-order valence-corrected chi connectivity index (χ0v) is 21.8. The molecule has 0 radical (unpaired) electrons. The van der Waals surface area contributed by atoms with Crippen LogP contribution in [0.15, 0.2) is 0 Å². The lowest BCUT2D eigenvalue weighted by atomic mass is 9.81. The molecule has 9 heteroatoms. The van der Waals surface area contributed by atoms with Crippen molar-refractivity contribution >= 4 is 23.7 Å². The molecule has 0 aromatic carbocycles. The zero-order valence-electron chi connectivity index (χ0n) is 21.8. The number of amides is 3. The van der Waals surface area contributed by atoms with E-state index in [0.717, 1.165) is 32.1 Å². The highest BCUT2D eigenvalue weighted by atomic mass is 16.6. The maximum atomic E-state index is 13.5. The Morgan fingerprint density at radius 3 is 2.21 bits per heavy atom. The molecule has 1 saturated heterocycles. The Morgan fingerprint density at radius 1 is 1.06 bits per heavy atom. The molecule has 1 aliphatic carbocycles. The zero-order chi connectivity index (χ0) is 25.7. The molecule has 9 nitrogen and oxygen atoms in total. The number of alkyl carbamates (subject to hydrolysis) is 1. The Morgan fingerprint density at radius 2 is 1.68 bits per heavy atom. The maximum absolute atomic E-state index is 13.5. The van der Waals surface area contributed by atoms with E-state index in [9.17, 15) is 14.4 Å². The molecule has 2 atom stereocenters. The van der Waals surface area contributed by atoms with Crippen LogP contribution in [0.2, 0.25) is 0 Å². The van der Waals surface area contributed by atoms with Crippen molar-refractivity contribution in [2.45, 2.75) is 104 Å². The molecule has 0 aromatic rings. The van der Waals surface area contributed by atoms with Gasteiger partial charge in [-0.1, -0.05) is 20.8 Å². The van der Waals surface area contributed by atoms with Crippen molar-refractivity contribution in [2.75, 3.05) is 13.1 Å². The van der Waals surface area contributed by atoms with Crippen LogP contribution in [0.5, 0.6) is 0 Å². The second-order valence-electron chi connectivity index (χ2n) is 12.1. The van der Waals surface area contributed by atoms with Gasteiger partial charge in [0.2, 0.25) is 11.8 Å². The van der Waals surface area contributed by atoms with Gasteiger partial charge in [0, 0.05) is 19.0 Å². The summed E-state index contributed by atoms with van der Waals surface area (Å²) in [7, 11) is 0. The summed E-state index contributed by atoms with van der Waals surface area (Å²) in [5.41, 5.74) is 4.76. The second-order valence-corrected chi connectivity index (χ2v) is 12.1. The van der Waals surface area contributed by atoms with Crippen LogP contribution in [0.4, 0.5) is 4.79 Å². The van der Waals surface area contributed by atoms with Crippen LogP contribution in [0, 0.1) is 22.7 Å². The van der Waals surface area contributed by atoms with Crippen molar-refractivity contribution in [3.63, 3.8) is 0 Å². The summed E-state index contributed by atoms with van der Waals surface area (Å²) in [6.07, 6.45) is 4.82. The molecule has 2 fully saturated rings. The molecule has 0 aromatic heterocycles. The molecule has 2 rings (SSSR count). The van der Waals surface area contributed by atoms with E-state index >= 15 is 0 Å². The molecule has 0 unspecified atom stereocenters. The van der Waals surface area contributed by atoms with E-state index in [-0.39, 0.29) is 29.0 Å². The third-order valence-electron chi connectivity index (χ3n) is 6.50. The molecule has 1 aliphatic heterocycles. The van der Waals surface area contributed by atoms with E-state index in [2.05, 4.69) is 10.6 Å². The van der Waals surface area contributed by atoms with Gasteiger partial charge in [-0.3, -0.25) is 15.0 Å². The van der Waals surface area contributed by atoms with E-state index in [1.165, 1.54) is 0 Å². The Kier molecular flexibility index (Phi) is 9.37. The quantitative estimate of drug-likeness (QED) is 0.328. The Balaban J connectivity index is 1.99. The van der Waals surface area contributed by atoms with Crippen LogP contribution >= 0.6 is 0 Å². The first-order valence-electron chi connectivity index (χ1n) is 12.6. The smallest absolute Gasteiger partial charge is 0.408 e. The van der Waals surface area contributed by atoms with E-state index in [0.29, 0.717) is 31.8 Å². The van der Waals surface area contributed by atoms with Gasteiger partial charge in [-0.15, -0.1) is 0 Å². The van der Waals surface area contributed by atoms with Crippen molar-refractivity contribution in [3.8, 4) is 0 Å². The standard InChI is InChI=1S/C25H45N5O4/c1-24(2,3)14-18(29-23(33)34-25(4,5)6)22(32)30-13-7-8-19(30)21(31)28-15-16-9-11-17(12-10-16)20(26)27/h16-19H,7-15H2,1-6H3,(H3,26,27)(H,28,31)(H,29,33)/t16?,17?,18-,19+/m1/s1. The predicted octanol–water partition coefficient (Wildman–Crippen LogP) is 3.17. The first kappa shape index (κ1) is 27.9. The van der Waals surface area contributed by atoms with Crippen LogP contribution in [0.1, 0.15) is 86.5 Å². The maximum Gasteiger partial charge on any atom is 0.408 e. The Labute approximate surface area is 204 Å². The van der Waals surface area contributed by atoms with Gasteiger partial charge in [0.05, 0.1) is 5.84 Å². The van der Waals surface area contributed by atoms with Crippen molar-refractivity contribution in [1.82, 2.24) is 15.5 Å². The van der Waals surface area contributed by atoms with E-state index in [4.69, 9.17) is 15.9 Å². The molecule has 5 N–H and O–H groups in total. The SMILES string of the molecule is CC(C)(C)C[C@@H](NC(=O)OC(C)(C)C)C(=O)N1CCC[C@H]1C(=O)NCC1CCC(C(=N)N)CC1. The highest BCUT2D eigenvalue weighted by Crippen LogP contribution is 2.29. The number of carbonyl (C=O) groups excluding carboxylic acids is 3. The number of hydrogen-bond acceptors (Lipinski definition) is 5. The normalized spacial score (nSPS) is 24.3. The van der Waals surface area contributed by atoms with Crippen molar-refractivity contribution in [3.05, 3.63) is 0 Å². The number of nitrogens with one attached hydrogen (secondary N) is 3. The summed E-state index contributed by atoms with van der Waals surface area (Å²) in [6.45, 7) is 12.4. The molecule has 0 spiro atoms. The summed E-state index contributed by atoms with van der Waals surface area (Å²) in [5.74, 6) is 0.416. The summed E-state index contributed by atoms with van der Waals surface area (Å²) in [5, 5.41) is 13.4. The number of carbonyl (C=O) groups is 3. The first-order chi connectivity index (χ1) is 15.7. The molecule has 1 saturated carbocycles. The monoisotopic (exact) mass is 479 g/mol. The topological polar surface area (TPSA) is 138 Å². The highest BCUT2D eigenvalue weighted by molar-refractivity contribution is 5.92. The van der Waals surface area contributed by atoms with Crippen LogP contribution in [0.3, 0.4) is 0 Å². The molecule has 194 valence electrons. The fraction of sp³-hybridized carbons (Fsp3) is 0.840. The van der Waals surface area contributed by atoms with Gasteiger partial charge in [0.25, 0.3) is 0 Å². The minimum atomic E-state index is -0.759. The van der Waals surface area contributed by atoms with Crippen LogP contribution in [-0.4, -0.2) is 59.4 Å². The minimum absolute atomic E-state index is 0.133. The third-order valence-corrected chi connectivity index (χ3v) is 6.50. The van der Waals surface area contributed by atoms with Gasteiger partial charge >= 0.3 is 6.09 Å². The third kappa shape index (κ3) is 8.80. The molecular weight excluding hydrogens is 434 g/mol. The van der Waals surface area contributed by atoms with Gasteiger partial charge in [0.1, 0.15) is 17.7 Å². The number of likely N-dealkylation sites (tertiary alicyclic amines) is 1. The minimum Gasteiger partial charge on any atom is -0.444 e. The fourth-order valence-corrected chi connectivity index (χ4v) is 4.81. The van der Waals surface area contributed by atoms with Crippen LogP contribution in [0.25, 0.3) is 0 Å². The summed E-state index contributed by atoms with van der Waals surface area (Å²) in [6, 6.07) is -1.28. The Hall–Kier alpha value is -2.32. The number of nitrogens with two attached hydrogens (primary N) is 1. The predicted molar refractivity (Wildman–Crippen MR) is 132 cm³/mol. The van der Waals surface area contributed by atoms with Crippen molar-refractivity contribution < 1.29 is 19.1 Å². The van der Waals surface area contributed by atoms with Crippen molar-refractivity contribution in [1.29, 1.82) is 5.41 Å². The average molecular weight is 480 g/mol. The summed E-state index contributed by atoms with van der Waals surface area (Å²) >= 11 is 0. The number of amidine groups is 1. The van der Waals surface area contributed by atoms with Gasteiger partial charge in [-0.25, -0.2) is 4.79 Å². The van der Waals surface area contributed by atoms with Gasteiger partial charge in [-0.05, 0) is 77.0 Å². The highest BCUT2D eigenvalue weighted by Gasteiger charge is 2.39. The molecular formula is C25H45N5O4. The van der Waals surface area contributed by atoms with E-state index in [1.807, 2.05) is 20.8 Å². The second kappa shape index (κ2) is 11.4. The van der Waals surface area contributed by atoms with Crippen LogP contribution in [-0.2, 0) is 14.3 Å². The number of hydrogen-bond donors (Lipinski definition) is 4. The van der Waals surface area contributed by atoms with Gasteiger partial charge in [-0.2, -0.15) is 0 Å². The molecule has 34 heavy (non-hydrogen) atoms. The van der Waals surface area contributed by atoms with E-state index in [1.54, 1.807) is 25.7 Å². The summed E-state index contributed by atoms with van der Waals surface area (Å²) in [4.78, 5) is 40.6. The number of nitrogens with zero attached hydrogens (tertiary/aromatic N) is 1. The lowest BCUT2D eigenvalue weighted by molar-refractivity contribution is -0.140. The largest absolute Gasteiger partial charge is 0.444 e. The van der Waals surface area contributed by atoms with Gasteiger partial charge < -0.3 is 26.0 Å². The lowest BCUT2D eigenvalue weighted by Crippen LogP contribution is -2.55. The fourth-order valence-electron chi connectivity index (χ4n) is 4.81. The Bertz CT molecular complexity index is 747. The molecule has 0 bridgehead atoms. The van der Waals surface area contributed by atoms with Gasteiger partial charge in [0.15, 0.2) is 0 Å². The molecule has 3 amide bonds. The van der Waals surface area contributed by atoms with E-state index < -0.39 is 23.8 Å². The number of rotatable bonds is 7. The first-order valence-corrected chi connectivity index (χ1v) is 12.6. The summed E-state index contributed by atoms with van der Waals surface area (Å²) < 4.78 is 5.38.